The van der Waals surface area contributed by atoms with Crippen molar-refractivity contribution in [2.24, 2.45) is 28.8 Å². The van der Waals surface area contributed by atoms with E-state index in [9.17, 15) is 9.59 Å². The molecule has 0 N–H and O–H groups in total. The summed E-state index contributed by atoms with van der Waals surface area (Å²) in [7, 11) is 0. The fourth-order valence-electron chi connectivity index (χ4n) is 4.32. The highest BCUT2D eigenvalue weighted by atomic mass is 79.9. The van der Waals surface area contributed by atoms with Crippen LogP contribution in [-0.4, -0.2) is 29.8 Å². The first-order valence-electron chi connectivity index (χ1n) is 8.33. The predicted octanol–water partition coefficient (Wildman–Crippen LogP) is 2.71. The highest BCUT2D eigenvalue weighted by molar-refractivity contribution is 9.10. The summed E-state index contributed by atoms with van der Waals surface area (Å²) in [5.41, 5.74) is 0.723. The van der Waals surface area contributed by atoms with Gasteiger partial charge >= 0.3 is 0 Å². The minimum absolute atomic E-state index is 0.170. The van der Waals surface area contributed by atoms with Gasteiger partial charge in [-0.25, -0.2) is 0 Å². The largest absolute Gasteiger partial charge is 0.454 e. The number of hydrazone groups is 1. The summed E-state index contributed by atoms with van der Waals surface area (Å²) in [6.07, 6.45) is 7.68. The van der Waals surface area contributed by atoms with E-state index in [1.54, 1.807) is 12.1 Å². The second kappa shape index (κ2) is 5.42. The van der Waals surface area contributed by atoms with Crippen molar-refractivity contribution in [3.05, 3.63) is 34.3 Å². The van der Waals surface area contributed by atoms with Gasteiger partial charge in [0.15, 0.2) is 11.5 Å². The Bertz CT molecular complexity index is 818. The quantitative estimate of drug-likeness (QED) is 0.433. The number of rotatable bonds is 2. The maximum atomic E-state index is 12.7. The number of carbonyl (C=O) groups excluding carboxylic acids is 2. The van der Waals surface area contributed by atoms with E-state index in [2.05, 4.69) is 33.2 Å². The maximum Gasteiger partial charge on any atom is 0.254 e. The molecule has 25 heavy (non-hydrogen) atoms. The highest BCUT2D eigenvalue weighted by Gasteiger charge is 2.56. The molecule has 5 aliphatic rings. The molecule has 0 radical (unpaired) electrons. The van der Waals surface area contributed by atoms with Gasteiger partial charge in [-0.15, -0.1) is 0 Å². The molecule has 1 saturated heterocycles. The number of allylic oxidation sites excluding steroid dienone is 2. The van der Waals surface area contributed by atoms with E-state index in [0.717, 1.165) is 27.9 Å². The lowest BCUT2D eigenvalue weighted by molar-refractivity contribution is -0.140. The molecular formula is C18H15BrN2O4. The number of fused-ring (bicyclic) bond motifs is 2. The Labute approximate surface area is 152 Å². The molecule has 1 saturated carbocycles. The molecule has 2 amide bonds. The Hall–Kier alpha value is -2.15. The van der Waals surface area contributed by atoms with Crippen molar-refractivity contribution in [2.75, 3.05) is 6.79 Å². The van der Waals surface area contributed by atoms with E-state index in [4.69, 9.17) is 9.47 Å². The Morgan fingerprint density at radius 1 is 1.04 bits per heavy atom. The van der Waals surface area contributed by atoms with Gasteiger partial charge in [0.05, 0.1) is 18.1 Å². The first-order chi connectivity index (χ1) is 12.1. The average Bonchev–Trinajstić information content (AvgIpc) is 3.18. The average molecular weight is 403 g/mol. The molecule has 1 aromatic rings. The van der Waals surface area contributed by atoms with Crippen LogP contribution in [-0.2, 0) is 9.59 Å². The van der Waals surface area contributed by atoms with Gasteiger partial charge in [-0.3, -0.25) is 9.59 Å². The van der Waals surface area contributed by atoms with E-state index in [1.807, 2.05) is 0 Å². The van der Waals surface area contributed by atoms with Gasteiger partial charge in [-0.05, 0) is 52.7 Å². The molecule has 0 unspecified atom stereocenters. The molecule has 2 bridgehead atoms. The van der Waals surface area contributed by atoms with Crippen LogP contribution in [0.25, 0.3) is 0 Å². The number of nitrogens with zero attached hydrogens (tertiary/aromatic N) is 2. The zero-order valence-electron chi connectivity index (χ0n) is 13.2. The van der Waals surface area contributed by atoms with Gasteiger partial charge in [-0.1, -0.05) is 12.2 Å². The number of hydrogen-bond donors (Lipinski definition) is 0. The molecule has 0 spiro atoms. The van der Waals surface area contributed by atoms with Crippen LogP contribution in [0.5, 0.6) is 11.5 Å². The highest BCUT2D eigenvalue weighted by Crippen LogP contribution is 2.49. The normalized spacial score (nSPS) is 32.1. The minimum Gasteiger partial charge on any atom is -0.454 e. The number of hydrogen-bond acceptors (Lipinski definition) is 5. The zero-order chi connectivity index (χ0) is 17.1. The molecule has 2 aliphatic heterocycles. The van der Waals surface area contributed by atoms with Gasteiger partial charge < -0.3 is 9.47 Å². The summed E-state index contributed by atoms with van der Waals surface area (Å²) in [6.45, 7) is 0.185. The molecule has 2 heterocycles. The van der Waals surface area contributed by atoms with Crippen LogP contribution in [0.1, 0.15) is 18.4 Å². The smallest absolute Gasteiger partial charge is 0.254 e. The van der Waals surface area contributed by atoms with Crippen molar-refractivity contribution < 1.29 is 19.1 Å². The fourth-order valence-corrected chi connectivity index (χ4v) is 4.75. The Kier molecular flexibility index (Phi) is 3.28. The van der Waals surface area contributed by atoms with Crippen LogP contribution in [0, 0.1) is 23.7 Å². The number of benzene rings is 1. The fraction of sp³-hybridized carbons (Fsp3) is 0.389. The molecule has 3 aliphatic carbocycles. The Morgan fingerprint density at radius 2 is 1.64 bits per heavy atom. The van der Waals surface area contributed by atoms with Crippen LogP contribution >= 0.6 is 15.9 Å². The van der Waals surface area contributed by atoms with Gasteiger partial charge in [-0.2, -0.15) is 10.1 Å². The summed E-state index contributed by atoms with van der Waals surface area (Å²) in [5, 5.41) is 5.28. The molecular weight excluding hydrogens is 388 g/mol. The van der Waals surface area contributed by atoms with Crippen LogP contribution in [0.4, 0.5) is 0 Å². The summed E-state index contributed by atoms with van der Waals surface area (Å²) in [4.78, 5) is 25.5. The number of carbonyl (C=O) groups is 2. The second-order valence-electron chi connectivity index (χ2n) is 6.80. The van der Waals surface area contributed by atoms with Crippen LogP contribution in [0.3, 0.4) is 0 Å². The topological polar surface area (TPSA) is 68.2 Å². The Morgan fingerprint density at radius 3 is 2.24 bits per heavy atom. The van der Waals surface area contributed by atoms with E-state index < -0.39 is 0 Å². The van der Waals surface area contributed by atoms with Crippen molar-refractivity contribution >= 4 is 34.0 Å². The molecule has 4 atom stereocenters. The number of ether oxygens (including phenoxy) is 2. The van der Waals surface area contributed by atoms with Crippen LogP contribution < -0.4 is 9.47 Å². The third kappa shape index (κ3) is 2.18. The van der Waals surface area contributed by atoms with E-state index in [-0.39, 0.29) is 42.3 Å². The lowest BCUT2D eigenvalue weighted by Crippen LogP contribution is -2.38. The van der Waals surface area contributed by atoms with Crippen molar-refractivity contribution in [1.29, 1.82) is 0 Å². The van der Waals surface area contributed by atoms with Gasteiger partial charge in [0.25, 0.3) is 11.8 Å². The molecule has 128 valence electrons. The first kappa shape index (κ1) is 15.1. The lowest BCUT2D eigenvalue weighted by atomic mass is 9.63. The molecule has 6 nitrogen and oxygen atoms in total. The number of amides is 2. The van der Waals surface area contributed by atoms with Crippen molar-refractivity contribution in [3.8, 4) is 11.5 Å². The van der Waals surface area contributed by atoms with Crippen molar-refractivity contribution in [2.45, 2.75) is 12.8 Å². The van der Waals surface area contributed by atoms with Gasteiger partial charge in [0.1, 0.15) is 0 Å². The maximum absolute atomic E-state index is 12.7. The van der Waals surface area contributed by atoms with Crippen molar-refractivity contribution in [1.82, 2.24) is 5.01 Å². The molecule has 1 aromatic carbocycles. The lowest BCUT2D eigenvalue weighted by Gasteiger charge is -2.37. The van der Waals surface area contributed by atoms with Crippen LogP contribution in [0.15, 0.2) is 33.9 Å². The van der Waals surface area contributed by atoms with E-state index in [1.165, 1.54) is 6.21 Å². The van der Waals surface area contributed by atoms with Crippen LogP contribution in [0.2, 0.25) is 0 Å². The third-order valence-corrected chi connectivity index (χ3v) is 6.23. The predicted molar refractivity (Wildman–Crippen MR) is 92.0 cm³/mol. The molecule has 6 rings (SSSR count). The number of halogens is 1. The summed E-state index contributed by atoms with van der Waals surface area (Å²) < 4.78 is 11.4. The summed E-state index contributed by atoms with van der Waals surface area (Å²) in [6, 6.07) is 3.57. The first-order valence-corrected chi connectivity index (χ1v) is 9.12. The standard InChI is InChI=1S/C18H15BrN2O4/c19-12-6-14-13(24-8-25-14)5-11(12)7-20-21-17(22)15-9-1-2-10(4-3-9)16(15)18(21)23/h1-2,5-7,9-10,15-16H,3-4,8H2/b20-7-/t9-,10-,15-,16+/m1/s1. The third-order valence-electron chi connectivity index (χ3n) is 5.54. The molecule has 2 fully saturated rings. The monoisotopic (exact) mass is 402 g/mol. The van der Waals surface area contributed by atoms with Gasteiger partial charge in [0, 0.05) is 10.0 Å². The molecule has 7 heteroatoms. The van der Waals surface area contributed by atoms with E-state index >= 15 is 0 Å². The SMILES string of the molecule is O=C1[C@@H]2[C@H](C(=O)N1/N=C\c1cc3c(cc1Br)OCO3)[C@@H]1C=C[C@@H]2CC1. The second-order valence-corrected chi connectivity index (χ2v) is 7.66. The summed E-state index contributed by atoms with van der Waals surface area (Å²) >= 11 is 3.45. The van der Waals surface area contributed by atoms with E-state index in [0.29, 0.717) is 11.5 Å². The minimum atomic E-state index is -0.242. The Balaban J connectivity index is 1.44. The molecule has 0 aromatic heterocycles. The van der Waals surface area contributed by atoms with Gasteiger partial charge in [0.2, 0.25) is 6.79 Å². The zero-order valence-corrected chi connectivity index (χ0v) is 14.8. The number of imide groups is 1. The summed E-state index contributed by atoms with van der Waals surface area (Å²) in [5.74, 6) is 0.782. The van der Waals surface area contributed by atoms with Crippen molar-refractivity contribution in [3.63, 3.8) is 0 Å².